The number of nitro benzene ring substituents is 1. The van der Waals surface area contributed by atoms with Crippen molar-refractivity contribution < 1.29 is 28.0 Å². The molecular weight excluding hydrogens is 417 g/mol. The Hall–Kier alpha value is -3.91. The highest BCUT2D eigenvalue weighted by atomic mass is 19.4. The van der Waals surface area contributed by atoms with Crippen molar-refractivity contribution in [2.45, 2.75) is 25.2 Å². The molecule has 0 saturated carbocycles. The number of carbonyl (C=O) groups is 1. The Morgan fingerprint density at radius 3 is 2.61 bits per heavy atom. The van der Waals surface area contributed by atoms with Crippen LogP contribution in [0.15, 0.2) is 48.7 Å². The standard InChI is InChI=1S/C20H15F3N4O4/c1-19(29,11-26-8-7-14-16(26)3-2-4-17(14)27(30)31)18(28)25-13-6-5-12(10-24)15(9-13)20(21,22)23/h2-9,29H,11H2,1H3,(H,25,28). The molecular formula is C20H15F3N4O4. The van der Waals surface area contributed by atoms with Gasteiger partial charge in [0.25, 0.3) is 11.6 Å². The summed E-state index contributed by atoms with van der Waals surface area (Å²) in [5.74, 6) is -0.988. The van der Waals surface area contributed by atoms with Gasteiger partial charge in [0.05, 0.1) is 39.6 Å². The summed E-state index contributed by atoms with van der Waals surface area (Å²) in [5, 5.41) is 33.2. The number of halogens is 3. The fraction of sp³-hybridized carbons (Fsp3) is 0.200. The first-order chi connectivity index (χ1) is 14.4. The average Bonchev–Trinajstić information content (AvgIpc) is 3.09. The Labute approximate surface area is 173 Å². The van der Waals surface area contributed by atoms with Gasteiger partial charge in [-0.05, 0) is 37.3 Å². The van der Waals surface area contributed by atoms with Gasteiger partial charge in [-0.1, -0.05) is 6.07 Å². The number of rotatable bonds is 5. The van der Waals surface area contributed by atoms with E-state index in [2.05, 4.69) is 5.32 Å². The second-order valence-corrected chi connectivity index (χ2v) is 7.01. The van der Waals surface area contributed by atoms with Crippen LogP contribution in [0.5, 0.6) is 0 Å². The number of hydrogen-bond donors (Lipinski definition) is 2. The number of non-ortho nitro benzene ring substituents is 1. The van der Waals surface area contributed by atoms with Gasteiger partial charge in [-0.15, -0.1) is 0 Å². The van der Waals surface area contributed by atoms with Crippen LogP contribution in [0.3, 0.4) is 0 Å². The van der Waals surface area contributed by atoms with Crippen LogP contribution in [0.2, 0.25) is 0 Å². The van der Waals surface area contributed by atoms with Gasteiger partial charge < -0.3 is 15.0 Å². The lowest BCUT2D eigenvalue weighted by Gasteiger charge is -2.24. The Balaban J connectivity index is 1.86. The molecule has 0 fully saturated rings. The number of nitrogens with zero attached hydrogens (tertiary/aromatic N) is 3. The number of nitro groups is 1. The maximum absolute atomic E-state index is 13.1. The van der Waals surface area contributed by atoms with Crippen LogP contribution in [0.1, 0.15) is 18.1 Å². The first kappa shape index (κ1) is 21.8. The molecule has 3 aromatic rings. The number of carbonyl (C=O) groups excluding carboxylic acids is 1. The zero-order valence-corrected chi connectivity index (χ0v) is 16.0. The van der Waals surface area contributed by atoms with Crippen LogP contribution in [0, 0.1) is 21.4 Å². The molecule has 1 atom stereocenters. The molecule has 0 radical (unpaired) electrons. The van der Waals surface area contributed by atoms with Crippen molar-refractivity contribution in [3.05, 3.63) is 69.9 Å². The fourth-order valence-corrected chi connectivity index (χ4v) is 3.13. The summed E-state index contributed by atoms with van der Waals surface area (Å²) in [6.07, 6.45) is -3.34. The monoisotopic (exact) mass is 432 g/mol. The van der Waals surface area contributed by atoms with Crippen molar-refractivity contribution in [1.82, 2.24) is 4.57 Å². The summed E-state index contributed by atoms with van der Waals surface area (Å²) in [6.45, 7) is 0.853. The number of alkyl halides is 3. The average molecular weight is 432 g/mol. The first-order valence-corrected chi connectivity index (χ1v) is 8.81. The van der Waals surface area contributed by atoms with E-state index in [1.807, 2.05) is 0 Å². The highest BCUT2D eigenvalue weighted by Crippen LogP contribution is 2.34. The molecule has 2 aromatic carbocycles. The maximum atomic E-state index is 13.1. The Morgan fingerprint density at radius 1 is 1.29 bits per heavy atom. The Kier molecular flexibility index (Phi) is 5.43. The molecule has 160 valence electrons. The number of aromatic nitrogens is 1. The van der Waals surface area contributed by atoms with Crippen molar-refractivity contribution in [2.24, 2.45) is 0 Å². The number of fused-ring (bicyclic) bond motifs is 1. The number of aliphatic hydroxyl groups is 1. The Morgan fingerprint density at radius 2 is 2.00 bits per heavy atom. The number of nitriles is 1. The van der Waals surface area contributed by atoms with Gasteiger partial charge in [0.2, 0.25) is 0 Å². The molecule has 0 aliphatic heterocycles. The Bertz CT molecular complexity index is 1230. The SMILES string of the molecule is CC(O)(Cn1ccc2c([N+](=O)[O-])cccc21)C(=O)Nc1ccc(C#N)c(C(F)(F)F)c1. The third-order valence-corrected chi connectivity index (χ3v) is 4.66. The van der Waals surface area contributed by atoms with E-state index in [1.54, 1.807) is 6.07 Å². The molecule has 0 bridgehead atoms. The van der Waals surface area contributed by atoms with Gasteiger partial charge in [-0.3, -0.25) is 14.9 Å². The van der Waals surface area contributed by atoms with E-state index >= 15 is 0 Å². The molecule has 31 heavy (non-hydrogen) atoms. The summed E-state index contributed by atoms with van der Waals surface area (Å²) in [6, 6.07) is 9.92. The smallest absolute Gasteiger partial charge is 0.378 e. The number of anilines is 1. The molecule has 0 aliphatic carbocycles. The molecule has 0 saturated heterocycles. The zero-order chi connectivity index (χ0) is 23.0. The summed E-state index contributed by atoms with van der Waals surface area (Å²) < 4.78 is 40.8. The number of hydrogen-bond acceptors (Lipinski definition) is 5. The maximum Gasteiger partial charge on any atom is 0.417 e. The van der Waals surface area contributed by atoms with E-state index in [9.17, 15) is 33.2 Å². The third-order valence-electron chi connectivity index (χ3n) is 4.66. The lowest BCUT2D eigenvalue weighted by atomic mass is 10.0. The van der Waals surface area contributed by atoms with Crippen LogP contribution >= 0.6 is 0 Å². The van der Waals surface area contributed by atoms with Gasteiger partial charge in [0, 0.05) is 18.0 Å². The van der Waals surface area contributed by atoms with Crippen molar-refractivity contribution in [3.8, 4) is 6.07 Å². The quantitative estimate of drug-likeness (QED) is 0.469. The fourth-order valence-electron chi connectivity index (χ4n) is 3.13. The summed E-state index contributed by atoms with van der Waals surface area (Å²) in [5.41, 5.74) is -3.86. The molecule has 1 heterocycles. The number of nitrogens with one attached hydrogen (secondary N) is 1. The molecule has 2 N–H and O–H groups in total. The second kappa shape index (κ2) is 7.73. The van der Waals surface area contributed by atoms with Gasteiger partial charge in [-0.25, -0.2) is 0 Å². The molecule has 1 amide bonds. The van der Waals surface area contributed by atoms with Crippen LogP contribution in [-0.2, 0) is 17.5 Å². The molecule has 0 spiro atoms. The predicted molar refractivity (Wildman–Crippen MR) is 104 cm³/mol. The van der Waals surface area contributed by atoms with Crippen molar-refractivity contribution >= 4 is 28.2 Å². The van der Waals surface area contributed by atoms with E-state index in [4.69, 9.17) is 5.26 Å². The van der Waals surface area contributed by atoms with Crippen molar-refractivity contribution in [3.63, 3.8) is 0 Å². The van der Waals surface area contributed by atoms with E-state index in [0.717, 1.165) is 12.1 Å². The van der Waals surface area contributed by atoms with Crippen molar-refractivity contribution in [2.75, 3.05) is 5.32 Å². The molecule has 3 rings (SSSR count). The van der Waals surface area contributed by atoms with E-state index in [-0.39, 0.29) is 17.9 Å². The molecule has 1 unspecified atom stereocenters. The highest BCUT2D eigenvalue weighted by Gasteiger charge is 2.35. The molecule has 8 nitrogen and oxygen atoms in total. The van der Waals surface area contributed by atoms with Crippen LogP contribution in [0.4, 0.5) is 24.5 Å². The highest BCUT2D eigenvalue weighted by molar-refractivity contribution is 5.97. The minimum absolute atomic E-state index is 0.141. The van der Waals surface area contributed by atoms with Gasteiger partial charge in [0.15, 0.2) is 5.60 Å². The van der Waals surface area contributed by atoms with Gasteiger partial charge in [-0.2, -0.15) is 18.4 Å². The lowest BCUT2D eigenvalue weighted by Crippen LogP contribution is -2.43. The largest absolute Gasteiger partial charge is 0.417 e. The van der Waals surface area contributed by atoms with Crippen LogP contribution < -0.4 is 5.32 Å². The third kappa shape index (κ3) is 4.34. The summed E-state index contributed by atoms with van der Waals surface area (Å²) in [7, 11) is 0. The minimum Gasteiger partial charge on any atom is -0.378 e. The summed E-state index contributed by atoms with van der Waals surface area (Å²) in [4.78, 5) is 23.2. The summed E-state index contributed by atoms with van der Waals surface area (Å²) >= 11 is 0. The van der Waals surface area contributed by atoms with E-state index in [0.29, 0.717) is 17.0 Å². The number of amides is 1. The van der Waals surface area contributed by atoms with Crippen LogP contribution in [0.25, 0.3) is 10.9 Å². The predicted octanol–water partition coefficient (Wildman–Crippen LogP) is 3.83. The number of benzene rings is 2. The van der Waals surface area contributed by atoms with Crippen LogP contribution in [-0.4, -0.2) is 26.1 Å². The molecule has 11 heteroatoms. The first-order valence-electron chi connectivity index (χ1n) is 8.81. The second-order valence-electron chi connectivity index (χ2n) is 7.01. The van der Waals surface area contributed by atoms with Gasteiger partial charge >= 0.3 is 6.18 Å². The van der Waals surface area contributed by atoms with E-state index in [1.165, 1.54) is 42.0 Å². The lowest BCUT2D eigenvalue weighted by molar-refractivity contribution is -0.383. The minimum atomic E-state index is -4.80. The normalized spacial score (nSPS) is 13.4. The van der Waals surface area contributed by atoms with E-state index < -0.39 is 33.7 Å². The zero-order valence-electron chi connectivity index (χ0n) is 16.0. The van der Waals surface area contributed by atoms with Crippen molar-refractivity contribution in [1.29, 1.82) is 5.26 Å². The molecule has 0 aliphatic rings. The topological polar surface area (TPSA) is 121 Å². The molecule has 1 aromatic heterocycles. The van der Waals surface area contributed by atoms with Gasteiger partial charge in [0.1, 0.15) is 0 Å².